The number of rotatable bonds is 5. The Morgan fingerprint density at radius 2 is 1.85 bits per heavy atom. The van der Waals surface area contributed by atoms with Crippen molar-refractivity contribution < 1.29 is 13.2 Å². The third-order valence-corrected chi connectivity index (χ3v) is 6.51. The molecule has 1 fully saturated rings. The first-order valence-electron chi connectivity index (χ1n) is 8.58. The van der Waals surface area contributed by atoms with Gasteiger partial charge in [-0.25, -0.2) is 8.42 Å². The Morgan fingerprint density at radius 1 is 1.12 bits per heavy atom. The highest BCUT2D eigenvalue weighted by atomic mass is 32.2. The SMILES string of the molecule is CN(c1ccccc1)S(=O)(=O)c1cccc(NC(=O)C2CCC(N)C2)c1. The molecule has 3 rings (SSSR count). The fourth-order valence-corrected chi connectivity index (χ4v) is 4.41. The third kappa shape index (κ3) is 3.89. The zero-order valence-corrected chi connectivity index (χ0v) is 15.4. The van der Waals surface area contributed by atoms with Crippen LogP contribution < -0.4 is 15.4 Å². The van der Waals surface area contributed by atoms with Crippen LogP contribution in [0.4, 0.5) is 11.4 Å². The van der Waals surface area contributed by atoms with Crippen LogP contribution in [0.5, 0.6) is 0 Å². The molecule has 1 saturated carbocycles. The highest BCUT2D eigenvalue weighted by Gasteiger charge is 2.28. The number of amides is 1. The molecule has 1 amide bonds. The van der Waals surface area contributed by atoms with Gasteiger partial charge in [0.2, 0.25) is 5.91 Å². The quantitative estimate of drug-likeness (QED) is 0.842. The number of hydrogen-bond donors (Lipinski definition) is 2. The fraction of sp³-hybridized carbons (Fsp3) is 0.316. The third-order valence-electron chi connectivity index (χ3n) is 4.72. The predicted molar refractivity (Wildman–Crippen MR) is 102 cm³/mol. The van der Waals surface area contributed by atoms with Crippen molar-refractivity contribution >= 4 is 27.3 Å². The molecule has 1 aliphatic rings. The standard InChI is InChI=1S/C19H23N3O3S/c1-22(17-7-3-2-4-8-17)26(24,25)18-9-5-6-16(13-18)21-19(23)14-10-11-15(20)12-14/h2-9,13-15H,10-12,20H2,1H3,(H,21,23). The van der Waals surface area contributed by atoms with Crippen molar-refractivity contribution in [1.29, 1.82) is 0 Å². The molecule has 6 nitrogen and oxygen atoms in total. The number of carbonyl (C=O) groups excluding carboxylic acids is 1. The normalized spacial score (nSPS) is 19.9. The first-order chi connectivity index (χ1) is 12.4. The Balaban J connectivity index is 1.79. The number of para-hydroxylation sites is 1. The second-order valence-corrected chi connectivity index (χ2v) is 8.56. The number of nitrogens with zero attached hydrogens (tertiary/aromatic N) is 1. The Bertz CT molecular complexity index is 884. The average molecular weight is 373 g/mol. The minimum Gasteiger partial charge on any atom is -0.328 e. The fourth-order valence-electron chi connectivity index (χ4n) is 3.17. The number of benzene rings is 2. The lowest BCUT2D eigenvalue weighted by Gasteiger charge is -2.20. The van der Waals surface area contributed by atoms with Gasteiger partial charge in [0.25, 0.3) is 10.0 Å². The first kappa shape index (κ1) is 18.4. The van der Waals surface area contributed by atoms with E-state index in [2.05, 4.69) is 5.32 Å². The molecule has 0 aromatic heterocycles. The van der Waals surface area contributed by atoms with Gasteiger partial charge in [0.15, 0.2) is 0 Å². The molecule has 7 heteroatoms. The molecule has 2 atom stereocenters. The van der Waals surface area contributed by atoms with Gasteiger partial charge < -0.3 is 11.1 Å². The summed E-state index contributed by atoms with van der Waals surface area (Å²) in [5.41, 5.74) is 6.90. The summed E-state index contributed by atoms with van der Waals surface area (Å²) >= 11 is 0. The maximum absolute atomic E-state index is 12.9. The summed E-state index contributed by atoms with van der Waals surface area (Å²) in [5, 5.41) is 2.82. The summed E-state index contributed by atoms with van der Waals surface area (Å²) in [6.07, 6.45) is 2.27. The molecule has 2 unspecified atom stereocenters. The van der Waals surface area contributed by atoms with Crippen LogP contribution in [0.2, 0.25) is 0 Å². The first-order valence-corrected chi connectivity index (χ1v) is 10.0. The van der Waals surface area contributed by atoms with Crippen LogP contribution in [0.1, 0.15) is 19.3 Å². The highest BCUT2D eigenvalue weighted by Crippen LogP contribution is 2.27. The highest BCUT2D eigenvalue weighted by molar-refractivity contribution is 7.92. The van der Waals surface area contributed by atoms with Crippen LogP contribution in [0.25, 0.3) is 0 Å². The van der Waals surface area contributed by atoms with Crippen molar-refractivity contribution in [2.24, 2.45) is 11.7 Å². The molecule has 2 aromatic rings. The minimum atomic E-state index is -3.72. The number of anilines is 2. The van der Waals surface area contributed by atoms with Gasteiger partial charge in [-0.3, -0.25) is 9.10 Å². The van der Waals surface area contributed by atoms with Crippen LogP contribution >= 0.6 is 0 Å². The lowest BCUT2D eigenvalue weighted by atomic mass is 10.1. The Morgan fingerprint density at radius 3 is 2.50 bits per heavy atom. The molecule has 26 heavy (non-hydrogen) atoms. The maximum Gasteiger partial charge on any atom is 0.264 e. The van der Waals surface area contributed by atoms with Gasteiger partial charge in [-0.1, -0.05) is 24.3 Å². The second kappa shape index (κ2) is 7.47. The molecule has 0 spiro atoms. The zero-order valence-electron chi connectivity index (χ0n) is 14.6. The summed E-state index contributed by atoms with van der Waals surface area (Å²) in [5.74, 6) is -0.221. The maximum atomic E-state index is 12.9. The number of nitrogens with two attached hydrogens (primary N) is 1. The predicted octanol–water partition coefficient (Wildman–Crippen LogP) is 2.58. The molecule has 0 saturated heterocycles. The number of nitrogens with one attached hydrogen (secondary N) is 1. The van der Waals surface area contributed by atoms with Gasteiger partial charge in [0, 0.05) is 24.7 Å². The minimum absolute atomic E-state index is 0.0667. The van der Waals surface area contributed by atoms with E-state index < -0.39 is 10.0 Å². The van der Waals surface area contributed by atoms with E-state index in [1.54, 1.807) is 36.4 Å². The van der Waals surface area contributed by atoms with Crippen molar-refractivity contribution in [2.75, 3.05) is 16.7 Å². The van der Waals surface area contributed by atoms with Gasteiger partial charge in [-0.05, 0) is 49.6 Å². The Hall–Kier alpha value is -2.38. The van der Waals surface area contributed by atoms with Crippen LogP contribution in [0, 0.1) is 5.92 Å². The topological polar surface area (TPSA) is 92.5 Å². The summed E-state index contributed by atoms with van der Waals surface area (Å²) < 4.78 is 27.0. The van der Waals surface area contributed by atoms with Gasteiger partial charge in [-0.2, -0.15) is 0 Å². The van der Waals surface area contributed by atoms with E-state index in [1.807, 2.05) is 6.07 Å². The molecule has 138 valence electrons. The van der Waals surface area contributed by atoms with E-state index in [-0.39, 0.29) is 22.8 Å². The molecule has 0 heterocycles. The lowest BCUT2D eigenvalue weighted by Crippen LogP contribution is -2.27. The molecule has 0 bridgehead atoms. The molecular formula is C19H23N3O3S. The average Bonchev–Trinajstić information content (AvgIpc) is 3.08. The van der Waals surface area contributed by atoms with E-state index in [0.29, 0.717) is 17.8 Å². The van der Waals surface area contributed by atoms with Crippen molar-refractivity contribution in [3.8, 4) is 0 Å². The number of carbonyl (C=O) groups is 1. The monoisotopic (exact) mass is 373 g/mol. The van der Waals surface area contributed by atoms with Crippen molar-refractivity contribution in [1.82, 2.24) is 0 Å². The van der Waals surface area contributed by atoms with Gasteiger partial charge in [0.1, 0.15) is 0 Å². The number of hydrogen-bond acceptors (Lipinski definition) is 4. The van der Waals surface area contributed by atoms with E-state index in [0.717, 1.165) is 12.8 Å². The van der Waals surface area contributed by atoms with Gasteiger partial charge in [-0.15, -0.1) is 0 Å². The molecule has 0 radical (unpaired) electrons. The van der Waals surface area contributed by atoms with Gasteiger partial charge in [0.05, 0.1) is 10.6 Å². The van der Waals surface area contributed by atoms with E-state index in [4.69, 9.17) is 5.73 Å². The van der Waals surface area contributed by atoms with Crippen molar-refractivity contribution in [3.63, 3.8) is 0 Å². The molecule has 0 aliphatic heterocycles. The zero-order chi connectivity index (χ0) is 18.7. The summed E-state index contributed by atoms with van der Waals surface area (Å²) in [4.78, 5) is 12.5. The smallest absolute Gasteiger partial charge is 0.264 e. The lowest BCUT2D eigenvalue weighted by molar-refractivity contribution is -0.119. The van der Waals surface area contributed by atoms with Crippen molar-refractivity contribution in [2.45, 2.75) is 30.2 Å². The molecule has 1 aliphatic carbocycles. The summed E-state index contributed by atoms with van der Waals surface area (Å²) in [6, 6.07) is 15.2. The van der Waals surface area contributed by atoms with Crippen LogP contribution in [-0.2, 0) is 14.8 Å². The number of sulfonamides is 1. The largest absolute Gasteiger partial charge is 0.328 e. The second-order valence-electron chi connectivity index (χ2n) is 6.60. The van der Waals surface area contributed by atoms with E-state index >= 15 is 0 Å². The molecule has 3 N–H and O–H groups in total. The van der Waals surface area contributed by atoms with Crippen molar-refractivity contribution in [3.05, 3.63) is 54.6 Å². The Kier molecular flexibility index (Phi) is 5.29. The molecule has 2 aromatic carbocycles. The van der Waals surface area contributed by atoms with Crippen LogP contribution in [0.15, 0.2) is 59.5 Å². The Labute approximate surface area is 154 Å². The summed E-state index contributed by atoms with van der Waals surface area (Å²) in [6.45, 7) is 0. The van der Waals surface area contributed by atoms with Crippen LogP contribution in [-0.4, -0.2) is 27.4 Å². The van der Waals surface area contributed by atoms with E-state index in [1.165, 1.54) is 23.5 Å². The van der Waals surface area contributed by atoms with Gasteiger partial charge >= 0.3 is 0 Å². The molecular weight excluding hydrogens is 350 g/mol. The van der Waals surface area contributed by atoms with E-state index in [9.17, 15) is 13.2 Å². The van der Waals surface area contributed by atoms with Crippen LogP contribution in [0.3, 0.4) is 0 Å². The summed E-state index contributed by atoms with van der Waals surface area (Å²) in [7, 11) is -2.21.